The molecule has 0 saturated heterocycles. The SMILES string of the molecule is CCn1c(CCC(=O)NCc2ccc3[nH]c(C)c(C)c3c2)nc2cc(S(=O)(=O)N(C)C)ccc21. The number of carbonyl (C=O) groups excluding carboxylic acids is 1. The van der Waals surface area contributed by atoms with E-state index in [4.69, 9.17) is 0 Å². The van der Waals surface area contributed by atoms with Crippen LogP contribution in [0.1, 0.15) is 36.0 Å². The van der Waals surface area contributed by atoms with E-state index in [9.17, 15) is 13.2 Å². The van der Waals surface area contributed by atoms with Gasteiger partial charge in [0.2, 0.25) is 15.9 Å². The number of benzene rings is 2. The maximum Gasteiger partial charge on any atom is 0.242 e. The van der Waals surface area contributed by atoms with E-state index in [0.29, 0.717) is 31.4 Å². The minimum atomic E-state index is -3.54. The molecule has 2 aromatic heterocycles. The molecule has 0 saturated carbocycles. The molecule has 0 aliphatic rings. The third kappa shape index (κ3) is 4.45. The number of hydrogen-bond acceptors (Lipinski definition) is 4. The van der Waals surface area contributed by atoms with Gasteiger partial charge in [0.1, 0.15) is 5.82 Å². The molecule has 180 valence electrons. The fourth-order valence-corrected chi connectivity index (χ4v) is 5.13. The lowest BCUT2D eigenvalue weighted by Gasteiger charge is -2.11. The van der Waals surface area contributed by atoms with Gasteiger partial charge in [-0.25, -0.2) is 17.7 Å². The standard InChI is InChI=1S/C25H31N5O3S/c1-6-30-23-10-8-19(34(32,33)29(4)5)14-22(23)28-24(30)11-12-25(31)26-15-18-7-9-21-20(13-18)16(2)17(3)27-21/h7-10,13-14,27H,6,11-12,15H2,1-5H3,(H,26,31). The summed E-state index contributed by atoms with van der Waals surface area (Å²) in [4.78, 5) is 20.8. The lowest BCUT2D eigenvalue weighted by Crippen LogP contribution is -2.23. The van der Waals surface area contributed by atoms with Crippen LogP contribution in [0.4, 0.5) is 0 Å². The first-order valence-electron chi connectivity index (χ1n) is 11.4. The largest absolute Gasteiger partial charge is 0.358 e. The van der Waals surface area contributed by atoms with E-state index in [1.54, 1.807) is 18.2 Å². The predicted molar refractivity (Wildman–Crippen MR) is 134 cm³/mol. The number of nitrogens with one attached hydrogen (secondary N) is 2. The predicted octanol–water partition coefficient (Wildman–Crippen LogP) is 3.65. The summed E-state index contributed by atoms with van der Waals surface area (Å²) in [6.07, 6.45) is 0.774. The molecule has 0 aliphatic heterocycles. The van der Waals surface area contributed by atoms with Gasteiger partial charge in [0, 0.05) is 56.6 Å². The van der Waals surface area contributed by atoms with E-state index >= 15 is 0 Å². The van der Waals surface area contributed by atoms with Crippen molar-refractivity contribution in [2.45, 2.75) is 51.6 Å². The third-order valence-corrected chi connectivity index (χ3v) is 8.14. The van der Waals surface area contributed by atoms with Gasteiger partial charge in [-0.15, -0.1) is 0 Å². The Balaban J connectivity index is 1.45. The minimum Gasteiger partial charge on any atom is -0.358 e. The Bertz CT molecular complexity index is 1480. The molecule has 0 fully saturated rings. The van der Waals surface area contributed by atoms with Crippen molar-refractivity contribution in [3.63, 3.8) is 0 Å². The van der Waals surface area contributed by atoms with Crippen molar-refractivity contribution in [2.24, 2.45) is 0 Å². The van der Waals surface area contributed by atoms with Crippen molar-refractivity contribution in [3.8, 4) is 0 Å². The number of amides is 1. The highest BCUT2D eigenvalue weighted by molar-refractivity contribution is 7.89. The number of carbonyl (C=O) groups is 1. The fraction of sp³-hybridized carbons (Fsp3) is 0.360. The molecule has 2 heterocycles. The van der Waals surface area contributed by atoms with E-state index in [1.807, 2.05) is 23.6 Å². The summed E-state index contributed by atoms with van der Waals surface area (Å²) >= 11 is 0. The van der Waals surface area contributed by atoms with Crippen LogP contribution in [0, 0.1) is 13.8 Å². The van der Waals surface area contributed by atoms with Gasteiger partial charge < -0.3 is 14.9 Å². The number of fused-ring (bicyclic) bond motifs is 2. The number of aromatic amines is 1. The van der Waals surface area contributed by atoms with Crippen molar-refractivity contribution in [2.75, 3.05) is 14.1 Å². The third-order valence-electron chi connectivity index (χ3n) is 6.33. The summed E-state index contributed by atoms with van der Waals surface area (Å²) < 4.78 is 28.2. The number of nitrogens with zero attached hydrogens (tertiary/aromatic N) is 3. The Morgan fingerprint density at radius 3 is 2.62 bits per heavy atom. The van der Waals surface area contributed by atoms with E-state index in [0.717, 1.165) is 28.1 Å². The summed E-state index contributed by atoms with van der Waals surface area (Å²) in [6, 6.07) is 11.2. The Hall–Kier alpha value is -3.17. The van der Waals surface area contributed by atoms with Gasteiger partial charge in [0.05, 0.1) is 15.9 Å². The second kappa shape index (κ2) is 9.23. The maximum absolute atomic E-state index is 12.6. The van der Waals surface area contributed by atoms with Crippen LogP contribution in [0.15, 0.2) is 41.3 Å². The summed E-state index contributed by atoms with van der Waals surface area (Å²) in [6.45, 7) is 7.31. The Kier molecular flexibility index (Phi) is 6.51. The molecule has 0 bridgehead atoms. The monoisotopic (exact) mass is 481 g/mol. The van der Waals surface area contributed by atoms with Crippen LogP contribution in [0.2, 0.25) is 0 Å². The molecular weight excluding hydrogens is 450 g/mol. The molecule has 34 heavy (non-hydrogen) atoms. The van der Waals surface area contributed by atoms with Crippen LogP contribution in [-0.2, 0) is 34.3 Å². The van der Waals surface area contributed by atoms with E-state index in [1.165, 1.54) is 29.4 Å². The Labute approximate surface area is 200 Å². The average Bonchev–Trinajstić information content (AvgIpc) is 3.31. The van der Waals surface area contributed by atoms with Gasteiger partial charge in [-0.3, -0.25) is 4.79 Å². The molecule has 0 radical (unpaired) electrons. The number of sulfonamides is 1. The number of imidazole rings is 1. The normalized spacial score (nSPS) is 12.2. The highest BCUT2D eigenvalue weighted by Crippen LogP contribution is 2.24. The Morgan fingerprint density at radius 2 is 1.91 bits per heavy atom. The minimum absolute atomic E-state index is 0.0485. The van der Waals surface area contributed by atoms with Crippen LogP contribution in [-0.4, -0.2) is 47.3 Å². The zero-order valence-corrected chi connectivity index (χ0v) is 21.1. The number of aryl methyl sites for hydroxylation is 4. The number of H-pyrrole nitrogens is 1. The van der Waals surface area contributed by atoms with Gasteiger partial charge in [-0.1, -0.05) is 6.07 Å². The highest BCUT2D eigenvalue weighted by Gasteiger charge is 2.19. The van der Waals surface area contributed by atoms with Gasteiger partial charge in [0.15, 0.2) is 0 Å². The average molecular weight is 482 g/mol. The quantitative estimate of drug-likeness (QED) is 0.401. The van der Waals surface area contributed by atoms with Gasteiger partial charge in [0.25, 0.3) is 0 Å². The highest BCUT2D eigenvalue weighted by atomic mass is 32.2. The number of hydrogen-bond donors (Lipinski definition) is 2. The van der Waals surface area contributed by atoms with Crippen LogP contribution in [0.25, 0.3) is 21.9 Å². The summed E-state index contributed by atoms with van der Waals surface area (Å²) in [7, 11) is -0.522. The van der Waals surface area contributed by atoms with E-state index in [2.05, 4.69) is 35.2 Å². The van der Waals surface area contributed by atoms with Crippen molar-refractivity contribution >= 4 is 37.9 Å². The molecule has 4 rings (SSSR count). The van der Waals surface area contributed by atoms with Crippen molar-refractivity contribution < 1.29 is 13.2 Å². The molecule has 0 unspecified atom stereocenters. The summed E-state index contributed by atoms with van der Waals surface area (Å²) in [5.41, 5.74) is 6.01. The van der Waals surface area contributed by atoms with E-state index < -0.39 is 10.0 Å². The second-order valence-corrected chi connectivity index (χ2v) is 10.9. The summed E-state index contributed by atoms with van der Waals surface area (Å²) in [5.74, 6) is 0.722. The molecule has 0 atom stereocenters. The molecular formula is C25H31N5O3S. The fourth-order valence-electron chi connectivity index (χ4n) is 4.21. The molecule has 2 aromatic carbocycles. The van der Waals surface area contributed by atoms with Gasteiger partial charge >= 0.3 is 0 Å². The lowest BCUT2D eigenvalue weighted by atomic mass is 10.1. The first kappa shape index (κ1) is 24.0. The van der Waals surface area contributed by atoms with Crippen molar-refractivity contribution in [1.82, 2.24) is 24.2 Å². The lowest BCUT2D eigenvalue weighted by molar-refractivity contribution is -0.121. The molecule has 0 spiro atoms. The maximum atomic E-state index is 12.6. The van der Waals surface area contributed by atoms with Gasteiger partial charge in [-0.05, 0) is 62.2 Å². The van der Waals surface area contributed by atoms with Gasteiger partial charge in [-0.2, -0.15) is 0 Å². The molecule has 4 aromatic rings. The van der Waals surface area contributed by atoms with Crippen LogP contribution in [0.5, 0.6) is 0 Å². The molecule has 2 N–H and O–H groups in total. The van der Waals surface area contributed by atoms with E-state index in [-0.39, 0.29) is 10.8 Å². The molecule has 9 heteroatoms. The van der Waals surface area contributed by atoms with Crippen LogP contribution < -0.4 is 5.32 Å². The zero-order valence-electron chi connectivity index (χ0n) is 20.3. The topological polar surface area (TPSA) is 100 Å². The molecule has 0 aliphatic carbocycles. The second-order valence-electron chi connectivity index (χ2n) is 8.74. The van der Waals surface area contributed by atoms with Crippen molar-refractivity contribution in [3.05, 3.63) is 59.0 Å². The summed E-state index contributed by atoms with van der Waals surface area (Å²) in [5, 5.41) is 4.18. The van der Waals surface area contributed by atoms with Crippen LogP contribution in [0.3, 0.4) is 0 Å². The zero-order chi connectivity index (χ0) is 24.6. The number of aromatic nitrogens is 3. The Morgan fingerprint density at radius 1 is 1.15 bits per heavy atom. The smallest absolute Gasteiger partial charge is 0.242 e. The van der Waals surface area contributed by atoms with Crippen molar-refractivity contribution in [1.29, 1.82) is 0 Å². The first-order chi connectivity index (χ1) is 16.1. The van der Waals surface area contributed by atoms with Crippen LogP contribution >= 0.6 is 0 Å². The molecule has 8 nitrogen and oxygen atoms in total. The molecule has 1 amide bonds. The first-order valence-corrected chi connectivity index (χ1v) is 12.8. The number of rotatable bonds is 8.